The average Bonchev–Trinajstić information content (AvgIpc) is 3.10. The first kappa shape index (κ1) is 16.1. The summed E-state index contributed by atoms with van der Waals surface area (Å²) in [6.45, 7) is 0.993. The molecule has 0 aliphatic rings. The van der Waals surface area contributed by atoms with Gasteiger partial charge in [0.2, 0.25) is 5.95 Å². The Kier molecular flexibility index (Phi) is 5.12. The molecule has 2 aromatic heterocycles. The van der Waals surface area contributed by atoms with Crippen molar-refractivity contribution in [3.8, 4) is 10.4 Å². The van der Waals surface area contributed by atoms with Crippen LogP contribution >= 0.6 is 11.3 Å². The number of carbonyl (C=O) groups is 1. The number of nitrogens with zero attached hydrogens (tertiary/aromatic N) is 2. The van der Waals surface area contributed by atoms with Crippen molar-refractivity contribution in [1.82, 2.24) is 15.3 Å². The molecule has 0 saturated heterocycles. The monoisotopic (exact) mass is 342 g/mol. The lowest BCUT2D eigenvalue weighted by Gasteiger charge is -2.05. The number of anilines is 1. The maximum Gasteiger partial charge on any atom is 0.261 e. The second-order valence-corrected chi connectivity index (χ2v) is 6.01. The van der Waals surface area contributed by atoms with E-state index in [4.69, 9.17) is 0 Å². The SMILES string of the molecule is O=C(NCCNc1ncccn1)c1ccc(-c2ccc(F)cc2)s1. The molecule has 0 unspecified atom stereocenters. The zero-order valence-corrected chi connectivity index (χ0v) is 13.5. The number of aromatic nitrogens is 2. The van der Waals surface area contributed by atoms with E-state index in [1.807, 2.05) is 6.07 Å². The minimum Gasteiger partial charge on any atom is -0.352 e. The highest BCUT2D eigenvalue weighted by atomic mass is 32.1. The van der Waals surface area contributed by atoms with Crippen molar-refractivity contribution in [2.75, 3.05) is 18.4 Å². The van der Waals surface area contributed by atoms with Gasteiger partial charge in [-0.1, -0.05) is 12.1 Å². The number of thiophene rings is 1. The van der Waals surface area contributed by atoms with E-state index >= 15 is 0 Å². The van der Waals surface area contributed by atoms with Crippen LogP contribution in [-0.4, -0.2) is 29.0 Å². The average molecular weight is 342 g/mol. The van der Waals surface area contributed by atoms with Crippen molar-refractivity contribution in [3.63, 3.8) is 0 Å². The molecule has 0 fully saturated rings. The number of hydrogen-bond acceptors (Lipinski definition) is 5. The van der Waals surface area contributed by atoms with Crippen molar-refractivity contribution < 1.29 is 9.18 Å². The Morgan fingerprint density at radius 2 is 1.79 bits per heavy atom. The quantitative estimate of drug-likeness (QED) is 0.675. The van der Waals surface area contributed by atoms with E-state index in [0.29, 0.717) is 23.9 Å². The van der Waals surface area contributed by atoms with E-state index in [9.17, 15) is 9.18 Å². The topological polar surface area (TPSA) is 66.9 Å². The third-order valence-electron chi connectivity index (χ3n) is 3.22. The lowest BCUT2D eigenvalue weighted by atomic mass is 10.2. The van der Waals surface area contributed by atoms with Crippen LogP contribution in [-0.2, 0) is 0 Å². The molecule has 2 N–H and O–H groups in total. The largest absolute Gasteiger partial charge is 0.352 e. The molecule has 0 aliphatic heterocycles. The maximum atomic E-state index is 13.0. The van der Waals surface area contributed by atoms with Crippen molar-refractivity contribution in [1.29, 1.82) is 0 Å². The molecule has 2 heterocycles. The van der Waals surface area contributed by atoms with Gasteiger partial charge in [0.15, 0.2) is 0 Å². The van der Waals surface area contributed by atoms with Gasteiger partial charge < -0.3 is 10.6 Å². The number of halogens is 1. The first-order chi connectivity index (χ1) is 11.7. The van der Waals surface area contributed by atoms with Gasteiger partial charge in [0.05, 0.1) is 4.88 Å². The van der Waals surface area contributed by atoms with Gasteiger partial charge in [-0.15, -0.1) is 11.3 Å². The standard InChI is InChI=1S/C17H15FN4OS/c18-13-4-2-12(3-5-13)14-6-7-15(24-14)16(23)19-10-11-22-17-20-8-1-9-21-17/h1-9H,10-11H2,(H,19,23)(H,20,21,22). The molecular formula is C17H15FN4OS. The summed E-state index contributed by atoms with van der Waals surface area (Å²) in [6.07, 6.45) is 3.30. The van der Waals surface area contributed by atoms with Crippen LogP contribution in [0.25, 0.3) is 10.4 Å². The van der Waals surface area contributed by atoms with E-state index in [1.54, 1.807) is 36.7 Å². The van der Waals surface area contributed by atoms with Gasteiger partial charge in [-0.05, 0) is 35.9 Å². The summed E-state index contributed by atoms with van der Waals surface area (Å²) in [5.74, 6) is 0.119. The second kappa shape index (κ2) is 7.65. The Morgan fingerprint density at radius 1 is 1.04 bits per heavy atom. The summed E-state index contributed by atoms with van der Waals surface area (Å²) in [7, 11) is 0. The van der Waals surface area contributed by atoms with Crippen molar-refractivity contribution in [3.05, 3.63) is 65.6 Å². The number of carbonyl (C=O) groups excluding carboxylic acids is 1. The third-order valence-corrected chi connectivity index (χ3v) is 4.35. The molecule has 3 aromatic rings. The predicted octanol–water partition coefficient (Wildman–Crippen LogP) is 3.19. The van der Waals surface area contributed by atoms with Gasteiger partial charge in [-0.25, -0.2) is 14.4 Å². The summed E-state index contributed by atoms with van der Waals surface area (Å²) in [5.41, 5.74) is 0.892. The van der Waals surface area contributed by atoms with Crippen LogP contribution in [0.4, 0.5) is 10.3 Å². The van der Waals surface area contributed by atoms with Crippen LogP contribution in [0.2, 0.25) is 0 Å². The molecule has 7 heteroatoms. The van der Waals surface area contributed by atoms with Crippen LogP contribution in [0.15, 0.2) is 54.9 Å². The highest BCUT2D eigenvalue weighted by Crippen LogP contribution is 2.28. The first-order valence-electron chi connectivity index (χ1n) is 7.37. The summed E-state index contributed by atoms with van der Waals surface area (Å²) in [4.78, 5) is 21.8. The normalized spacial score (nSPS) is 10.4. The fourth-order valence-corrected chi connectivity index (χ4v) is 2.98. The Bertz CT molecular complexity index is 805. The van der Waals surface area contributed by atoms with Crippen LogP contribution < -0.4 is 10.6 Å². The van der Waals surface area contributed by atoms with Gasteiger partial charge in [0.1, 0.15) is 5.82 Å². The van der Waals surface area contributed by atoms with Gasteiger partial charge in [0, 0.05) is 30.4 Å². The molecule has 0 aliphatic carbocycles. The Hall–Kier alpha value is -2.80. The number of rotatable bonds is 6. The molecule has 5 nitrogen and oxygen atoms in total. The highest BCUT2D eigenvalue weighted by Gasteiger charge is 2.10. The summed E-state index contributed by atoms with van der Waals surface area (Å²) in [5, 5.41) is 5.86. The maximum absolute atomic E-state index is 13.0. The summed E-state index contributed by atoms with van der Waals surface area (Å²) in [6, 6.07) is 11.6. The number of nitrogens with one attached hydrogen (secondary N) is 2. The Labute approximate surface area is 142 Å². The zero-order valence-electron chi connectivity index (χ0n) is 12.7. The lowest BCUT2D eigenvalue weighted by molar-refractivity contribution is 0.0959. The molecule has 0 saturated carbocycles. The zero-order chi connectivity index (χ0) is 16.8. The predicted molar refractivity (Wildman–Crippen MR) is 92.6 cm³/mol. The molecule has 3 rings (SSSR count). The van der Waals surface area contributed by atoms with Crippen LogP contribution in [0.3, 0.4) is 0 Å². The fourth-order valence-electron chi connectivity index (χ4n) is 2.06. The minimum atomic E-state index is -0.275. The molecule has 0 atom stereocenters. The van der Waals surface area contributed by atoms with E-state index in [-0.39, 0.29) is 11.7 Å². The summed E-state index contributed by atoms with van der Waals surface area (Å²) >= 11 is 1.37. The molecule has 1 amide bonds. The van der Waals surface area contributed by atoms with Crippen molar-refractivity contribution in [2.45, 2.75) is 0 Å². The van der Waals surface area contributed by atoms with E-state index in [2.05, 4.69) is 20.6 Å². The Balaban J connectivity index is 1.51. The van der Waals surface area contributed by atoms with Crippen molar-refractivity contribution in [2.24, 2.45) is 0 Å². The van der Waals surface area contributed by atoms with Crippen molar-refractivity contribution >= 4 is 23.2 Å². The highest BCUT2D eigenvalue weighted by molar-refractivity contribution is 7.17. The van der Waals surface area contributed by atoms with Crippen LogP contribution in [0.1, 0.15) is 9.67 Å². The van der Waals surface area contributed by atoms with Crippen LogP contribution in [0, 0.1) is 5.82 Å². The van der Waals surface area contributed by atoms with Gasteiger partial charge >= 0.3 is 0 Å². The van der Waals surface area contributed by atoms with E-state index in [0.717, 1.165) is 10.4 Å². The molecule has 0 spiro atoms. The number of benzene rings is 1. The molecule has 122 valence electrons. The van der Waals surface area contributed by atoms with Crippen LogP contribution in [0.5, 0.6) is 0 Å². The Morgan fingerprint density at radius 3 is 2.54 bits per heavy atom. The number of hydrogen-bond donors (Lipinski definition) is 2. The second-order valence-electron chi connectivity index (χ2n) is 4.93. The van der Waals surface area contributed by atoms with E-state index < -0.39 is 0 Å². The molecule has 24 heavy (non-hydrogen) atoms. The van der Waals surface area contributed by atoms with Gasteiger partial charge in [0.25, 0.3) is 5.91 Å². The van der Waals surface area contributed by atoms with E-state index in [1.165, 1.54) is 23.5 Å². The molecular weight excluding hydrogens is 327 g/mol. The van der Waals surface area contributed by atoms with Gasteiger partial charge in [-0.2, -0.15) is 0 Å². The van der Waals surface area contributed by atoms with Gasteiger partial charge in [-0.3, -0.25) is 4.79 Å². The fraction of sp³-hybridized carbons (Fsp3) is 0.118. The molecule has 0 bridgehead atoms. The summed E-state index contributed by atoms with van der Waals surface area (Å²) < 4.78 is 13.0. The third kappa shape index (κ3) is 4.14. The molecule has 0 radical (unpaired) electrons. The minimum absolute atomic E-state index is 0.135. The first-order valence-corrected chi connectivity index (χ1v) is 8.19. The molecule has 1 aromatic carbocycles. The number of amides is 1. The lowest BCUT2D eigenvalue weighted by Crippen LogP contribution is -2.28. The smallest absolute Gasteiger partial charge is 0.261 e.